The first-order valence-corrected chi connectivity index (χ1v) is 5.96. The predicted octanol–water partition coefficient (Wildman–Crippen LogP) is 2.86. The minimum Gasteiger partial charge on any atom is -0.478 e. The summed E-state index contributed by atoms with van der Waals surface area (Å²) in [5, 5.41) is 8.79. The molecule has 0 bridgehead atoms. The molecule has 90 valence electrons. The molecule has 0 amide bonds. The van der Waals surface area contributed by atoms with Crippen LogP contribution in [-0.4, -0.2) is 16.9 Å². The van der Waals surface area contributed by atoms with Gasteiger partial charge in [-0.05, 0) is 30.5 Å². The second-order valence-corrected chi connectivity index (χ2v) is 4.68. The van der Waals surface area contributed by atoms with Crippen LogP contribution in [-0.2, 0) is 4.79 Å². The van der Waals surface area contributed by atoms with Gasteiger partial charge in [-0.3, -0.25) is 4.79 Å². The van der Waals surface area contributed by atoms with Gasteiger partial charge >= 0.3 is 5.97 Å². The third-order valence-electron chi connectivity index (χ3n) is 3.59. The van der Waals surface area contributed by atoms with Crippen molar-refractivity contribution in [3.63, 3.8) is 0 Å². The van der Waals surface area contributed by atoms with Crippen molar-refractivity contribution in [2.75, 3.05) is 0 Å². The normalized spacial score (nSPS) is 17.2. The Kier molecular flexibility index (Phi) is 3.27. The number of Topliss-reactive ketones (excluding diaryl/α,β-unsaturated/α-hetero) is 1. The molecule has 0 spiro atoms. The third-order valence-corrected chi connectivity index (χ3v) is 3.59. The third kappa shape index (κ3) is 2.38. The molecule has 1 aromatic carbocycles. The quantitative estimate of drug-likeness (QED) is 0.868. The van der Waals surface area contributed by atoms with Crippen LogP contribution in [0.25, 0.3) is 0 Å². The fourth-order valence-electron chi connectivity index (χ4n) is 2.12. The summed E-state index contributed by atoms with van der Waals surface area (Å²) in [6, 6.07) is 6.60. The van der Waals surface area contributed by atoms with Crippen molar-refractivity contribution in [3.05, 3.63) is 35.4 Å². The Balaban J connectivity index is 2.10. The molecule has 1 unspecified atom stereocenters. The Morgan fingerprint density at radius 2 is 1.82 bits per heavy atom. The van der Waals surface area contributed by atoms with Crippen LogP contribution in [0.1, 0.15) is 48.0 Å². The summed E-state index contributed by atoms with van der Waals surface area (Å²) < 4.78 is 0. The van der Waals surface area contributed by atoms with E-state index in [-0.39, 0.29) is 17.4 Å². The number of ketones is 1. The van der Waals surface area contributed by atoms with Crippen LogP contribution >= 0.6 is 0 Å². The molecule has 0 saturated heterocycles. The van der Waals surface area contributed by atoms with Crippen LogP contribution in [0.4, 0.5) is 0 Å². The van der Waals surface area contributed by atoms with Gasteiger partial charge in [0.15, 0.2) is 0 Å². The summed E-state index contributed by atoms with van der Waals surface area (Å²) in [5.41, 5.74) is 1.17. The summed E-state index contributed by atoms with van der Waals surface area (Å²) in [6.07, 6.45) is 3.17. The van der Waals surface area contributed by atoms with Gasteiger partial charge < -0.3 is 5.11 Å². The Morgan fingerprint density at radius 3 is 2.24 bits per heavy atom. The number of aromatic carboxylic acids is 1. The van der Waals surface area contributed by atoms with Crippen molar-refractivity contribution in [2.45, 2.75) is 32.1 Å². The fourth-order valence-corrected chi connectivity index (χ4v) is 2.12. The molecular weight excluding hydrogens is 216 g/mol. The summed E-state index contributed by atoms with van der Waals surface area (Å²) >= 11 is 0. The lowest BCUT2D eigenvalue weighted by Crippen LogP contribution is -2.26. The maximum atomic E-state index is 12.0. The topological polar surface area (TPSA) is 54.4 Å². The highest BCUT2D eigenvalue weighted by atomic mass is 16.4. The lowest BCUT2D eigenvalue weighted by Gasteiger charge is -2.26. The van der Waals surface area contributed by atoms with Crippen LogP contribution in [0.3, 0.4) is 0 Å². The number of carboxylic acid groups (broad SMARTS) is 1. The maximum absolute atomic E-state index is 12.0. The van der Waals surface area contributed by atoms with Crippen LogP contribution in [0.5, 0.6) is 0 Å². The molecule has 1 saturated carbocycles. The molecule has 0 radical (unpaired) electrons. The molecule has 2 rings (SSSR count). The predicted molar refractivity (Wildman–Crippen MR) is 64.2 cm³/mol. The highest BCUT2D eigenvalue weighted by Gasteiger charge is 2.29. The van der Waals surface area contributed by atoms with Crippen molar-refractivity contribution in [2.24, 2.45) is 5.92 Å². The van der Waals surface area contributed by atoms with Gasteiger partial charge in [0, 0.05) is 11.8 Å². The average Bonchev–Trinajstić information content (AvgIpc) is 2.25. The number of carbonyl (C=O) groups is 2. The fraction of sp³-hybridized carbons (Fsp3) is 0.429. The van der Waals surface area contributed by atoms with Crippen molar-refractivity contribution < 1.29 is 14.7 Å². The Hall–Kier alpha value is -1.64. The highest BCUT2D eigenvalue weighted by Crippen LogP contribution is 2.32. The molecular formula is C14H16O3. The van der Waals surface area contributed by atoms with Gasteiger partial charge in [-0.25, -0.2) is 4.79 Å². The monoisotopic (exact) mass is 232 g/mol. The molecule has 3 nitrogen and oxygen atoms in total. The second-order valence-electron chi connectivity index (χ2n) is 4.68. The van der Waals surface area contributed by atoms with Gasteiger partial charge in [0.05, 0.1) is 5.56 Å². The van der Waals surface area contributed by atoms with Gasteiger partial charge in [-0.15, -0.1) is 0 Å². The first-order chi connectivity index (χ1) is 8.09. The van der Waals surface area contributed by atoms with Crippen LogP contribution in [0, 0.1) is 5.92 Å². The number of carboxylic acids is 1. The van der Waals surface area contributed by atoms with E-state index in [1.54, 1.807) is 24.3 Å². The van der Waals surface area contributed by atoms with E-state index in [9.17, 15) is 9.59 Å². The molecule has 0 heterocycles. The molecule has 1 N–H and O–H groups in total. The van der Waals surface area contributed by atoms with E-state index in [2.05, 4.69) is 0 Å². The van der Waals surface area contributed by atoms with E-state index >= 15 is 0 Å². The SMILES string of the molecule is CC(C(=O)C1CCC1)c1ccc(C(=O)O)cc1. The van der Waals surface area contributed by atoms with Crippen molar-refractivity contribution in [1.29, 1.82) is 0 Å². The van der Waals surface area contributed by atoms with Crippen LogP contribution < -0.4 is 0 Å². The maximum Gasteiger partial charge on any atom is 0.335 e. The smallest absolute Gasteiger partial charge is 0.335 e. The van der Waals surface area contributed by atoms with Gasteiger partial charge in [0.2, 0.25) is 0 Å². The van der Waals surface area contributed by atoms with Crippen LogP contribution in [0.15, 0.2) is 24.3 Å². The molecule has 1 atom stereocenters. The van der Waals surface area contributed by atoms with E-state index in [1.165, 1.54) is 0 Å². The first kappa shape index (κ1) is 11.8. The molecule has 1 aliphatic rings. The van der Waals surface area contributed by atoms with E-state index in [1.807, 2.05) is 6.92 Å². The van der Waals surface area contributed by atoms with E-state index in [0.717, 1.165) is 24.8 Å². The minimum absolute atomic E-state index is 0.122. The van der Waals surface area contributed by atoms with Gasteiger partial charge in [0.25, 0.3) is 0 Å². The van der Waals surface area contributed by atoms with Crippen LogP contribution in [0.2, 0.25) is 0 Å². The van der Waals surface area contributed by atoms with Crippen molar-refractivity contribution in [1.82, 2.24) is 0 Å². The first-order valence-electron chi connectivity index (χ1n) is 5.96. The Morgan fingerprint density at radius 1 is 1.24 bits per heavy atom. The Bertz CT molecular complexity index is 429. The summed E-state index contributed by atoms with van der Waals surface area (Å²) in [4.78, 5) is 22.7. The summed E-state index contributed by atoms with van der Waals surface area (Å²) in [7, 11) is 0. The molecule has 0 aliphatic heterocycles. The van der Waals surface area contributed by atoms with E-state index < -0.39 is 5.97 Å². The highest BCUT2D eigenvalue weighted by molar-refractivity contribution is 5.89. The molecule has 1 aromatic rings. The van der Waals surface area contributed by atoms with Crippen molar-refractivity contribution in [3.8, 4) is 0 Å². The molecule has 1 fully saturated rings. The number of benzene rings is 1. The number of rotatable bonds is 4. The number of carbonyl (C=O) groups excluding carboxylic acids is 1. The number of hydrogen-bond donors (Lipinski definition) is 1. The molecule has 17 heavy (non-hydrogen) atoms. The van der Waals surface area contributed by atoms with Gasteiger partial charge in [0.1, 0.15) is 5.78 Å². The van der Waals surface area contributed by atoms with E-state index in [0.29, 0.717) is 5.78 Å². The lowest BCUT2D eigenvalue weighted by atomic mass is 9.76. The minimum atomic E-state index is -0.936. The van der Waals surface area contributed by atoms with Gasteiger partial charge in [-0.2, -0.15) is 0 Å². The summed E-state index contributed by atoms with van der Waals surface area (Å²) in [6.45, 7) is 1.90. The largest absolute Gasteiger partial charge is 0.478 e. The molecule has 3 heteroatoms. The van der Waals surface area contributed by atoms with E-state index in [4.69, 9.17) is 5.11 Å². The number of hydrogen-bond acceptors (Lipinski definition) is 2. The molecule has 1 aliphatic carbocycles. The summed E-state index contributed by atoms with van der Waals surface area (Å²) in [5.74, 6) is -0.541. The van der Waals surface area contributed by atoms with Crippen molar-refractivity contribution >= 4 is 11.8 Å². The lowest BCUT2D eigenvalue weighted by molar-refractivity contribution is -0.126. The average molecular weight is 232 g/mol. The molecule has 0 aromatic heterocycles. The Labute approximate surface area is 100 Å². The zero-order valence-electron chi connectivity index (χ0n) is 9.85. The van der Waals surface area contributed by atoms with Gasteiger partial charge in [-0.1, -0.05) is 25.5 Å². The zero-order chi connectivity index (χ0) is 12.4. The zero-order valence-corrected chi connectivity index (χ0v) is 9.85. The standard InChI is InChI=1S/C14H16O3/c1-9(13(15)11-3-2-4-11)10-5-7-12(8-6-10)14(16)17/h5-9,11H,2-4H2,1H3,(H,16,17). The second kappa shape index (κ2) is 4.70.